The minimum Gasteiger partial charge on any atom is -0.493 e. The van der Waals surface area contributed by atoms with E-state index in [2.05, 4.69) is 14.7 Å². The molecular weight excluding hydrogens is 501 g/mol. The van der Waals surface area contributed by atoms with Crippen LogP contribution in [0.1, 0.15) is 43.6 Å². The Morgan fingerprint density at radius 2 is 1.89 bits per heavy atom. The number of nitrogens with zero attached hydrogens (tertiary/aromatic N) is 2. The third-order valence-corrected chi connectivity index (χ3v) is 6.23. The van der Waals surface area contributed by atoms with E-state index in [9.17, 15) is 23.1 Å². The quantitative estimate of drug-likeness (QED) is 0.316. The molecule has 5 rings (SSSR count). The second-order valence-corrected chi connectivity index (χ2v) is 10.1. The number of halogens is 3. The van der Waals surface area contributed by atoms with Crippen molar-refractivity contribution in [2.45, 2.75) is 52.2 Å². The van der Waals surface area contributed by atoms with Gasteiger partial charge in [0.05, 0.1) is 23.2 Å². The Kier molecular flexibility index (Phi) is 6.18. The zero-order chi connectivity index (χ0) is 27.4. The maximum Gasteiger partial charge on any atom is 0.574 e. The van der Waals surface area contributed by atoms with E-state index in [0.29, 0.717) is 51.9 Å². The normalized spacial score (nSPS) is 14.4. The molecule has 0 saturated carbocycles. The number of ether oxygens (including phenoxy) is 3. The van der Waals surface area contributed by atoms with Crippen molar-refractivity contribution in [2.24, 2.45) is 0 Å². The van der Waals surface area contributed by atoms with Crippen LogP contribution < -0.4 is 9.47 Å². The van der Waals surface area contributed by atoms with Gasteiger partial charge in [-0.3, -0.25) is 4.98 Å². The summed E-state index contributed by atoms with van der Waals surface area (Å²) in [6, 6.07) is 9.60. The molecule has 0 bridgehead atoms. The van der Waals surface area contributed by atoms with Gasteiger partial charge in [0.2, 0.25) is 5.88 Å². The van der Waals surface area contributed by atoms with Crippen molar-refractivity contribution in [3.63, 3.8) is 0 Å². The van der Waals surface area contributed by atoms with Crippen LogP contribution in [0, 0.1) is 6.92 Å². The lowest BCUT2D eigenvalue weighted by Crippen LogP contribution is -2.28. The van der Waals surface area contributed by atoms with Crippen LogP contribution in [0.2, 0.25) is 0 Å². The zero-order valence-electron chi connectivity index (χ0n) is 21.1. The molecule has 38 heavy (non-hydrogen) atoms. The van der Waals surface area contributed by atoms with Gasteiger partial charge >= 0.3 is 12.3 Å². The Labute approximate surface area is 216 Å². The van der Waals surface area contributed by atoms with Gasteiger partial charge in [-0.15, -0.1) is 13.2 Å². The minimum absolute atomic E-state index is 0.208. The number of carboxylic acid groups (broad SMARTS) is 1. The fraction of sp³-hybridized carbons (Fsp3) is 0.321. The average molecular weight is 527 g/mol. The summed E-state index contributed by atoms with van der Waals surface area (Å²) in [6.45, 7) is 7.46. The van der Waals surface area contributed by atoms with Crippen LogP contribution in [0.3, 0.4) is 0 Å². The number of aromatic nitrogens is 2. The van der Waals surface area contributed by atoms with Crippen molar-refractivity contribution in [1.82, 2.24) is 9.97 Å². The molecule has 0 fully saturated rings. The van der Waals surface area contributed by atoms with E-state index >= 15 is 0 Å². The fourth-order valence-electron chi connectivity index (χ4n) is 4.90. The molecular formula is C28H25F3N2O5. The van der Waals surface area contributed by atoms with Gasteiger partial charge in [0.15, 0.2) is 6.10 Å². The van der Waals surface area contributed by atoms with Gasteiger partial charge in [0.1, 0.15) is 5.75 Å². The molecule has 0 unspecified atom stereocenters. The summed E-state index contributed by atoms with van der Waals surface area (Å²) < 4.78 is 54.6. The first-order chi connectivity index (χ1) is 17.8. The van der Waals surface area contributed by atoms with E-state index in [1.54, 1.807) is 52.1 Å². The fourth-order valence-corrected chi connectivity index (χ4v) is 4.90. The van der Waals surface area contributed by atoms with Crippen LogP contribution >= 0.6 is 0 Å². The summed E-state index contributed by atoms with van der Waals surface area (Å²) in [5, 5.41) is 11.5. The van der Waals surface area contributed by atoms with Crippen LogP contribution in [0.25, 0.3) is 32.9 Å². The van der Waals surface area contributed by atoms with Gasteiger partial charge in [-0.05, 0) is 74.7 Å². The Morgan fingerprint density at radius 1 is 1.13 bits per heavy atom. The highest BCUT2D eigenvalue weighted by atomic mass is 19.4. The molecule has 10 heteroatoms. The van der Waals surface area contributed by atoms with Crippen molar-refractivity contribution in [3.05, 3.63) is 59.3 Å². The lowest BCUT2D eigenvalue weighted by molar-refractivity contribution is -0.276. The molecule has 0 radical (unpaired) electrons. The van der Waals surface area contributed by atoms with Crippen molar-refractivity contribution < 1.29 is 37.3 Å². The Balaban J connectivity index is 1.87. The summed E-state index contributed by atoms with van der Waals surface area (Å²) in [4.78, 5) is 21.3. The molecule has 1 N–H and O–H groups in total. The van der Waals surface area contributed by atoms with Gasteiger partial charge in [-0.1, -0.05) is 0 Å². The molecule has 0 saturated heterocycles. The molecule has 0 spiro atoms. The van der Waals surface area contributed by atoms with Crippen molar-refractivity contribution in [3.8, 4) is 22.8 Å². The predicted octanol–water partition coefficient (Wildman–Crippen LogP) is 6.53. The highest BCUT2D eigenvalue weighted by Crippen LogP contribution is 2.45. The summed E-state index contributed by atoms with van der Waals surface area (Å²) in [5.41, 5.74) is 2.93. The molecule has 2 aromatic carbocycles. The second kappa shape index (κ2) is 9.13. The predicted molar refractivity (Wildman–Crippen MR) is 134 cm³/mol. The first-order valence-electron chi connectivity index (χ1n) is 12.0. The molecule has 1 aliphatic heterocycles. The van der Waals surface area contributed by atoms with Gasteiger partial charge < -0.3 is 19.3 Å². The van der Waals surface area contributed by atoms with E-state index in [1.165, 1.54) is 6.07 Å². The number of rotatable bonds is 5. The molecule has 1 atom stereocenters. The maximum absolute atomic E-state index is 12.9. The largest absolute Gasteiger partial charge is 0.574 e. The van der Waals surface area contributed by atoms with Crippen molar-refractivity contribution in [1.29, 1.82) is 0 Å². The van der Waals surface area contributed by atoms with Gasteiger partial charge in [-0.2, -0.15) is 0 Å². The van der Waals surface area contributed by atoms with E-state index in [4.69, 9.17) is 9.47 Å². The number of hydrogen-bond donors (Lipinski definition) is 1. The lowest BCUT2D eigenvalue weighted by atomic mass is 9.86. The number of fused-ring (bicyclic) bond motifs is 1. The zero-order valence-corrected chi connectivity index (χ0v) is 21.1. The number of carbonyl (C=O) groups is 1. The summed E-state index contributed by atoms with van der Waals surface area (Å²) in [7, 11) is 0. The topological polar surface area (TPSA) is 90.8 Å². The SMILES string of the molecule is Cc1cc2nc(OC(F)(F)F)ccc2c(-c2ccc3c4c(ccnc24)CCO3)c1[C@H](OC(C)(C)C)C(=O)O. The van der Waals surface area contributed by atoms with E-state index in [1.807, 2.05) is 6.07 Å². The number of hydrogen-bond acceptors (Lipinski definition) is 6. The lowest BCUT2D eigenvalue weighted by Gasteiger charge is -2.29. The van der Waals surface area contributed by atoms with Crippen LogP contribution in [-0.2, 0) is 16.0 Å². The first-order valence-corrected chi connectivity index (χ1v) is 12.0. The third kappa shape index (κ3) is 4.83. The van der Waals surface area contributed by atoms with Crippen LogP contribution in [0.4, 0.5) is 13.2 Å². The smallest absolute Gasteiger partial charge is 0.493 e. The Morgan fingerprint density at radius 3 is 2.58 bits per heavy atom. The highest BCUT2D eigenvalue weighted by molar-refractivity contribution is 6.08. The third-order valence-electron chi connectivity index (χ3n) is 6.23. The van der Waals surface area contributed by atoms with Gasteiger partial charge in [0, 0.05) is 40.6 Å². The molecule has 4 aromatic rings. The molecule has 0 amide bonds. The number of pyridine rings is 2. The molecule has 3 heterocycles. The van der Waals surface area contributed by atoms with Gasteiger partial charge in [0.25, 0.3) is 0 Å². The summed E-state index contributed by atoms with van der Waals surface area (Å²) >= 11 is 0. The van der Waals surface area contributed by atoms with Crippen molar-refractivity contribution in [2.75, 3.05) is 6.61 Å². The van der Waals surface area contributed by atoms with Gasteiger partial charge in [-0.25, -0.2) is 9.78 Å². The molecule has 7 nitrogen and oxygen atoms in total. The van der Waals surface area contributed by atoms with Crippen LogP contribution in [0.15, 0.2) is 42.6 Å². The second-order valence-electron chi connectivity index (χ2n) is 10.1. The average Bonchev–Trinajstić information content (AvgIpc) is 2.81. The number of alkyl halides is 3. The molecule has 198 valence electrons. The molecule has 2 aromatic heterocycles. The number of aryl methyl sites for hydroxylation is 1. The summed E-state index contributed by atoms with van der Waals surface area (Å²) in [5.74, 6) is -1.16. The summed E-state index contributed by atoms with van der Waals surface area (Å²) in [6.07, 6.45) is -3.92. The first kappa shape index (κ1) is 25.7. The molecule has 1 aliphatic rings. The Bertz CT molecular complexity index is 1570. The van der Waals surface area contributed by atoms with Crippen LogP contribution in [-0.4, -0.2) is 39.6 Å². The monoisotopic (exact) mass is 526 g/mol. The highest BCUT2D eigenvalue weighted by Gasteiger charge is 2.34. The number of carboxylic acids is 1. The molecule has 0 aliphatic carbocycles. The van der Waals surface area contributed by atoms with Crippen LogP contribution in [0.5, 0.6) is 11.6 Å². The number of aliphatic carboxylic acids is 1. The minimum atomic E-state index is -4.91. The van der Waals surface area contributed by atoms with Crippen molar-refractivity contribution >= 4 is 27.8 Å². The maximum atomic E-state index is 12.9. The standard InChI is InChI=1S/C28H25F3N2O5/c1-14-13-18-16(6-8-20(33-18)37-28(29,30)31)23(21(14)25(26(34)35)38-27(2,3)4)17-5-7-19-22-15(10-12-36-19)9-11-32-24(17)22/h5-9,11,13,25H,10,12H2,1-4H3,(H,34,35)/t25-/m0/s1. The van der Waals surface area contributed by atoms with E-state index < -0.39 is 29.9 Å². The number of benzene rings is 2. The Hall–Kier alpha value is -3.92. The van der Waals surface area contributed by atoms with E-state index in [-0.39, 0.29) is 5.52 Å². The van der Waals surface area contributed by atoms with E-state index in [0.717, 1.165) is 17.0 Å².